The minimum atomic E-state index is -0.423. The maximum Gasteiger partial charge on any atom is 0.269 e. The number of hydrogen-bond donors (Lipinski definition) is 1. The highest BCUT2D eigenvalue weighted by Crippen LogP contribution is 2.20. The van der Waals surface area contributed by atoms with E-state index in [9.17, 15) is 10.1 Å². The zero-order valence-electron chi connectivity index (χ0n) is 16.2. The first-order chi connectivity index (χ1) is 14.6. The third-order valence-corrected chi connectivity index (χ3v) is 4.62. The molecule has 0 fully saturated rings. The number of ether oxygens (including phenoxy) is 1. The summed E-state index contributed by atoms with van der Waals surface area (Å²) >= 11 is 0. The van der Waals surface area contributed by atoms with Crippen molar-refractivity contribution >= 4 is 28.9 Å². The Morgan fingerprint density at radius 3 is 2.60 bits per heavy atom. The van der Waals surface area contributed by atoms with Gasteiger partial charge < -0.3 is 9.30 Å². The van der Waals surface area contributed by atoms with Gasteiger partial charge in [-0.05, 0) is 42.0 Å². The molecule has 0 aliphatic heterocycles. The number of fused-ring (bicyclic) bond motifs is 1. The molecule has 0 aliphatic rings. The van der Waals surface area contributed by atoms with Gasteiger partial charge in [-0.1, -0.05) is 24.3 Å². The van der Waals surface area contributed by atoms with E-state index >= 15 is 0 Å². The molecule has 0 atom stereocenters. The average molecular weight is 401 g/mol. The number of imidazole rings is 1. The smallest absolute Gasteiger partial charge is 0.269 e. The molecular formula is C22H19N5O3. The van der Waals surface area contributed by atoms with Crippen LogP contribution in [0.5, 0.6) is 5.75 Å². The van der Waals surface area contributed by atoms with Crippen LogP contribution in [-0.4, -0.2) is 20.7 Å². The van der Waals surface area contributed by atoms with E-state index in [-0.39, 0.29) is 5.69 Å². The fourth-order valence-electron chi connectivity index (χ4n) is 3.00. The van der Waals surface area contributed by atoms with Gasteiger partial charge in [0.1, 0.15) is 12.4 Å². The Kier molecular flexibility index (Phi) is 5.38. The van der Waals surface area contributed by atoms with E-state index < -0.39 is 4.92 Å². The summed E-state index contributed by atoms with van der Waals surface area (Å²) in [7, 11) is 1.93. The van der Waals surface area contributed by atoms with Crippen molar-refractivity contribution in [3.63, 3.8) is 0 Å². The van der Waals surface area contributed by atoms with E-state index in [1.54, 1.807) is 18.3 Å². The fraction of sp³-hybridized carbons (Fsp3) is 0.0909. The molecule has 0 bridgehead atoms. The van der Waals surface area contributed by atoms with Gasteiger partial charge in [-0.25, -0.2) is 10.4 Å². The lowest BCUT2D eigenvalue weighted by Gasteiger charge is -2.09. The monoisotopic (exact) mass is 401 g/mol. The van der Waals surface area contributed by atoms with Crippen molar-refractivity contribution in [3.05, 3.63) is 94.0 Å². The molecule has 8 heteroatoms. The van der Waals surface area contributed by atoms with Crippen LogP contribution in [0.4, 0.5) is 11.6 Å². The molecule has 0 saturated carbocycles. The number of nitro benzene ring substituents is 1. The van der Waals surface area contributed by atoms with Gasteiger partial charge in [-0.3, -0.25) is 10.1 Å². The molecule has 1 aromatic heterocycles. The molecule has 0 aliphatic carbocycles. The second-order valence-corrected chi connectivity index (χ2v) is 6.60. The summed E-state index contributed by atoms with van der Waals surface area (Å²) in [5.41, 5.74) is 6.57. The van der Waals surface area contributed by atoms with Crippen molar-refractivity contribution in [1.29, 1.82) is 0 Å². The van der Waals surface area contributed by atoms with Crippen LogP contribution < -0.4 is 10.2 Å². The van der Waals surface area contributed by atoms with Crippen LogP contribution in [0.2, 0.25) is 0 Å². The van der Waals surface area contributed by atoms with E-state index in [0.29, 0.717) is 18.3 Å². The zero-order chi connectivity index (χ0) is 20.9. The third-order valence-electron chi connectivity index (χ3n) is 4.62. The number of aromatic nitrogens is 2. The normalized spacial score (nSPS) is 11.1. The Bertz CT molecular complexity index is 1220. The number of nitro groups is 1. The molecule has 150 valence electrons. The van der Waals surface area contributed by atoms with Gasteiger partial charge in [-0.2, -0.15) is 5.10 Å². The van der Waals surface area contributed by atoms with E-state index in [1.807, 2.05) is 60.1 Å². The van der Waals surface area contributed by atoms with Gasteiger partial charge in [0.15, 0.2) is 0 Å². The minimum Gasteiger partial charge on any atom is -0.488 e. The number of non-ortho nitro benzene ring substituents is 1. The van der Waals surface area contributed by atoms with Crippen LogP contribution in [0.1, 0.15) is 11.1 Å². The second-order valence-electron chi connectivity index (χ2n) is 6.60. The Labute approximate surface area is 172 Å². The van der Waals surface area contributed by atoms with Gasteiger partial charge in [0.05, 0.1) is 22.2 Å². The number of aryl methyl sites for hydroxylation is 1. The second kappa shape index (κ2) is 8.44. The Balaban J connectivity index is 1.44. The molecular weight excluding hydrogens is 382 g/mol. The van der Waals surface area contributed by atoms with E-state index in [0.717, 1.165) is 22.2 Å². The highest BCUT2D eigenvalue weighted by molar-refractivity contribution is 5.84. The fourth-order valence-corrected chi connectivity index (χ4v) is 3.00. The predicted octanol–water partition coefficient (Wildman–Crippen LogP) is 4.51. The molecule has 4 aromatic rings. The third kappa shape index (κ3) is 4.12. The molecule has 4 rings (SSSR count). The average Bonchev–Trinajstić information content (AvgIpc) is 3.09. The Hall–Kier alpha value is -4.20. The molecule has 0 spiro atoms. The van der Waals surface area contributed by atoms with Crippen LogP contribution in [0, 0.1) is 10.1 Å². The van der Waals surface area contributed by atoms with Crippen LogP contribution in [0.3, 0.4) is 0 Å². The van der Waals surface area contributed by atoms with Crippen LogP contribution >= 0.6 is 0 Å². The quantitative estimate of drug-likeness (QED) is 0.279. The molecule has 0 saturated heterocycles. The minimum absolute atomic E-state index is 0.0549. The summed E-state index contributed by atoms with van der Waals surface area (Å²) in [6.07, 6.45) is 1.67. The molecule has 1 heterocycles. The highest BCUT2D eigenvalue weighted by Gasteiger charge is 2.07. The molecule has 8 nitrogen and oxygen atoms in total. The molecule has 0 unspecified atom stereocenters. The number of nitrogens with one attached hydrogen (secondary N) is 1. The number of benzene rings is 3. The zero-order valence-corrected chi connectivity index (χ0v) is 16.2. The van der Waals surface area contributed by atoms with Crippen LogP contribution in [-0.2, 0) is 13.7 Å². The number of rotatable bonds is 7. The summed E-state index contributed by atoms with van der Waals surface area (Å²) in [5.74, 6) is 1.29. The summed E-state index contributed by atoms with van der Waals surface area (Å²) in [5, 5.41) is 15.1. The van der Waals surface area contributed by atoms with Gasteiger partial charge in [-0.15, -0.1) is 0 Å². The molecule has 3 aromatic carbocycles. The van der Waals surface area contributed by atoms with Gasteiger partial charge in [0, 0.05) is 24.7 Å². The van der Waals surface area contributed by atoms with Crippen molar-refractivity contribution in [1.82, 2.24) is 9.55 Å². The largest absolute Gasteiger partial charge is 0.488 e. The SMILES string of the molecule is Cn1c(N/N=C\c2ccccc2OCc2ccc([N+](=O)[O-])cc2)nc2ccccc21. The first kappa shape index (κ1) is 19.1. The molecule has 0 amide bonds. The van der Waals surface area contributed by atoms with Crippen molar-refractivity contribution in [2.24, 2.45) is 12.1 Å². The Morgan fingerprint density at radius 2 is 1.83 bits per heavy atom. The lowest BCUT2D eigenvalue weighted by atomic mass is 10.2. The lowest BCUT2D eigenvalue weighted by Crippen LogP contribution is -2.01. The first-order valence-electron chi connectivity index (χ1n) is 9.27. The topological polar surface area (TPSA) is 94.6 Å². The number of nitrogens with zero attached hydrogens (tertiary/aromatic N) is 4. The summed E-state index contributed by atoms with van der Waals surface area (Å²) in [6.45, 7) is 0.293. The Morgan fingerprint density at radius 1 is 1.10 bits per heavy atom. The highest BCUT2D eigenvalue weighted by atomic mass is 16.6. The predicted molar refractivity (Wildman–Crippen MR) is 116 cm³/mol. The number of anilines is 1. The van der Waals surface area contributed by atoms with E-state index in [2.05, 4.69) is 15.5 Å². The van der Waals surface area contributed by atoms with Crippen LogP contribution in [0.25, 0.3) is 11.0 Å². The standard InChI is InChI=1S/C22H19N5O3/c1-26-20-8-4-3-7-19(20)24-22(26)25-23-14-17-6-2-5-9-21(17)30-15-16-10-12-18(13-11-16)27(28)29/h2-14H,15H2,1H3,(H,24,25)/b23-14-. The van der Waals surface area contributed by atoms with Crippen molar-refractivity contribution in [3.8, 4) is 5.75 Å². The van der Waals surface area contributed by atoms with Gasteiger partial charge in [0.2, 0.25) is 5.95 Å². The number of hydrazone groups is 1. The van der Waals surface area contributed by atoms with Crippen molar-refractivity contribution < 1.29 is 9.66 Å². The number of hydrogen-bond acceptors (Lipinski definition) is 6. The summed E-state index contributed by atoms with van der Waals surface area (Å²) in [4.78, 5) is 14.9. The summed E-state index contributed by atoms with van der Waals surface area (Å²) in [6, 6.07) is 21.7. The molecule has 0 radical (unpaired) electrons. The lowest BCUT2D eigenvalue weighted by molar-refractivity contribution is -0.384. The molecule has 1 N–H and O–H groups in total. The van der Waals surface area contributed by atoms with E-state index in [1.165, 1.54) is 12.1 Å². The maximum absolute atomic E-state index is 10.8. The maximum atomic E-state index is 10.8. The number of para-hydroxylation sites is 3. The van der Waals surface area contributed by atoms with Crippen LogP contribution in [0.15, 0.2) is 77.9 Å². The van der Waals surface area contributed by atoms with Crippen molar-refractivity contribution in [2.45, 2.75) is 6.61 Å². The first-order valence-corrected chi connectivity index (χ1v) is 9.27. The van der Waals surface area contributed by atoms with E-state index in [4.69, 9.17) is 4.74 Å². The van der Waals surface area contributed by atoms with Crippen molar-refractivity contribution in [2.75, 3.05) is 5.43 Å². The molecule has 30 heavy (non-hydrogen) atoms. The van der Waals surface area contributed by atoms with Gasteiger partial charge in [0.25, 0.3) is 5.69 Å². The summed E-state index contributed by atoms with van der Waals surface area (Å²) < 4.78 is 7.82. The van der Waals surface area contributed by atoms with Gasteiger partial charge >= 0.3 is 0 Å².